The zero-order valence-electron chi connectivity index (χ0n) is 12.4. The Kier molecular flexibility index (Phi) is 3.61. The van der Waals surface area contributed by atoms with Gasteiger partial charge in [-0.15, -0.1) is 11.8 Å². The second kappa shape index (κ2) is 4.98. The molecule has 5 unspecified atom stereocenters. The highest BCUT2D eigenvalue weighted by molar-refractivity contribution is 8.01. The number of carbonyl (C=O) groups is 1. The number of carbonyl (C=O) groups excluding carboxylic acids is 1. The quantitative estimate of drug-likeness (QED) is 0.858. The lowest BCUT2D eigenvalue weighted by atomic mass is 9.79. The van der Waals surface area contributed by atoms with E-state index < -0.39 is 0 Å². The maximum absolute atomic E-state index is 12.1. The van der Waals surface area contributed by atoms with Crippen LogP contribution in [0.3, 0.4) is 0 Å². The third-order valence-electron chi connectivity index (χ3n) is 5.41. The number of hydrogen-bond acceptors (Lipinski definition) is 2. The van der Waals surface area contributed by atoms with Gasteiger partial charge in [0.2, 0.25) is 5.91 Å². The summed E-state index contributed by atoms with van der Waals surface area (Å²) in [7, 11) is 0. The van der Waals surface area contributed by atoms with E-state index in [1.807, 2.05) is 0 Å². The predicted molar refractivity (Wildman–Crippen MR) is 81.2 cm³/mol. The maximum Gasteiger partial charge on any atom is 0.230 e. The number of hydrogen-bond donors (Lipinski definition) is 1. The monoisotopic (exact) mass is 281 g/mol. The van der Waals surface area contributed by atoms with E-state index in [1.165, 1.54) is 32.1 Å². The van der Waals surface area contributed by atoms with Crippen LogP contribution in [0.2, 0.25) is 0 Å². The molecular formula is C16H27NOS. The Bertz CT molecular complexity index is 362. The molecule has 0 aromatic carbocycles. The maximum atomic E-state index is 12.1. The summed E-state index contributed by atoms with van der Waals surface area (Å²) in [5, 5.41) is 3.34. The van der Waals surface area contributed by atoms with Crippen molar-refractivity contribution in [2.45, 2.75) is 63.7 Å². The van der Waals surface area contributed by atoms with Gasteiger partial charge in [0.25, 0.3) is 0 Å². The molecule has 1 amide bonds. The van der Waals surface area contributed by atoms with Crippen LogP contribution in [0.5, 0.6) is 0 Å². The van der Waals surface area contributed by atoms with E-state index in [-0.39, 0.29) is 10.7 Å². The van der Waals surface area contributed by atoms with Crippen molar-refractivity contribution in [1.82, 2.24) is 5.32 Å². The standard InChI is InChI=1S/C16H27NOS/c1-16(2,3)19-9-15(18)17-14-8-10-7-13(14)12-6-4-5-11(10)12/h10-14H,4-9H2,1-3H3,(H,17,18). The zero-order valence-corrected chi connectivity index (χ0v) is 13.3. The molecule has 5 atom stereocenters. The molecule has 3 saturated carbocycles. The summed E-state index contributed by atoms with van der Waals surface area (Å²) in [6.45, 7) is 6.52. The van der Waals surface area contributed by atoms with Crippen LogP contribution in [0.15, 0.2) is 0 Å². The average molecular weight is 281 g/mol. The lowest BCUT2D eigenvalue weighted by Crippen LogP contribution is -2.43. The number of rotatable bonds is 3. The van der Waals surface area contributed by atoms with Gasteiger partial charge in [-0.25, -0.2) is 0 Å². The molecule has 0 aliphatic heterocycles. The third-order valence-corrected chi connectivity index (χ3v) is 6.68. The summed E-state index contributed by atoms with van der Waals surface area (Å²) in [6.07, 6.45) is 6.98. The molecule has 0 heterocycles. The Hall–Kier alpha value is -0.180. The summed E-state index contributed by atoms with van der Waals surface area (Å²) < 4.78 is 0.183. The van der Waals surface area contributed by atoms with Crippen LogP contribution in [0.25, 0.3) is 0 Å². The van der Waals surface area contributed by atoms with Crippen molar-refractivity contribution in [3.8, 4) is 0 Å². The second-order valence-corrected chi connectivity index (χ2v) is 9.53. The smallest absolute Gasteiger partial charge is 0.230 e. The van der Waals surface area contributed by atoms with Gasteiger partial charge in [0.05, 0.1) is 5.75 Å². The zero-order chi connectivity index (χ0) is 13.6. The molecule has 0 radical (unpaired) electrons. The summed E-state index contributed by atoms with van der Waals surface area (Å²) in [5.74, 6) is 4.57. The van der Waals surface area contributed by atoms with Crippen LogP contribution >= 0.6 is 11.8 Å². The third kappa shape index (κ3) is 2.81. The van der Waals surface area contributed by atoms with Gasteiger partial charge < -0.3 is 5.32 Å². The largest absolute Gasteiger partial charge is 0.352 e. The molecule has 0 aromatic rings. The number of fused-ring (bicyclic) bond motifs is 5. The minimum atomic E-state index is 0.183. The van der Waals surface area contributed by atoms with E-state index in [0.29, 0.717) is 11.8 Å². The molecule has 2 bridgehead atoms. The van der Waals surface area contributed by atoms with Gasteiger partial charge in [0.1, 0.15) is 0 Å². The molecule has 3 aliphatic carbocycles. The van der Waals surface area contributed by atoms with Gasteiger partial charge in [-0.2, -0.15) is 0 Å². The van der Waals surface area contributed by atoms with Crippen molar-refractivity contribution in [3.63, 3.8) is 0 Å². The fourth-order valence-corrected chi connectivity index (χ4v) is 5.41. The summed E-state index contributed by atoms with van der Waals surface area (Å²) in [5.41, 5.74) is 0. The Morgan fingerprint density at radius 3 is 2.63 bits per heavy atom. The first-order valence-corrected chi connectivity index (χ1v) is 8.86. The molecule has 1 N–H and O–H groups in total. The minimum Gasteiger partial charge on any atom is -0.352 e. The van der Waals surface area contributed by atoms with E-state index in [0.717, 1.165) is 23.7 Å². The molecular weight excluding hydrogens is 254 g/mol. The molecule has 2 nitrogen and oxygen atoms in total. The Morgan fingerprint density at radius 2 is 1.89 bits per heavy atom. The molecule has 3 fully saturated rings. The van der Waals surface area contributed by atoms with Crippen LogP contribution in [0.1, 0.15) is 52.9 Å². The lowest BCUT2D eigenvalue weighted by molar-refractivity contribution is -0.119. The van der Waals surface area contributed by atoms with Gasteiger partial charge in [-0.3, -0.25) is 4.79 Å². The topological polar surface area (TPSA) is 29.1 Å². The van der Waals surface area contributed by atoms with Crippen LogP contribution in [-0.4, -0.2) is 22.4 Å². The van der Waals surface area contributed by atoms with Crippen molar-refractivity contribution in [2.75, 3.05) is 5.75 Å². The first kappa shape index (κ1) is 13.8. The highest BCUT2D eigenvalue weighted by Crippen LogP contribution is 2.58. The highest BCUT2D eigenvalue weighted by Gasteiger charge is 2.53. The number of thioether (sulfide) groups is 1. The van der Waals surface area contributed by atoms with Gasteiger partial charge in [-0.1, -0.05) is 27.2 Å². The normalized spacial score (nSPS) is 40.5. The van der Waals surface area contributed by atoms with Gasteiger partial charge in [0.15, 0.2) is 0 Å². The van der Waals surface area contributed by atoms with Crippen molar-refractivity contribution in [3.05, 3.63) is 0 Å². The van der Waals surface area contributed by atoms with Crippen molar-refractivity contribution in [1.29, 1.82) is 0 Å². The summed E-state index contributed by atoms with van der Waals surface area (Å²) >= 11 is 1.75. The SMILES string of the molecule is CC(C)(C)SCC(=O)NC1CC2CC1C1CCCC21. The van der Waals surface area contributed by atoms with Crippen LogP contribution in [-0.2, 0) is 4.79 Å². The van der Waals surface area contributed by atoms with Gasteiger partial charge >= 0.3 is 0 Å². The number of nitrogens with one attached hydrogen (secondary N) is 1. The fraction of sp³-hybridized carbons (Fsp3) is 0.938. The second-order valence-electron chi connectivity index (χ2n) is 7.73. The first-order valence-electron chi connectivity index (χ1n) is 7.87. The molecule has 108 valence electrons. The van der Waals surface area contributed by atoms with Crippen LogP contribution in [0, 0.1) is 23.7 Å². The lowest BCUT2D eigenvalue weighted by Gasteiger charge is -2.32. The van der Waals surface area contributed by atoms with E-state index in [2.05, 4.69) is 26.1 Å². The summed E-state index contributed by atoms with van der Waals surface area (Å²) in [6, 6.07) is 0.498. The van der Waals surface area contributed by atoms with E-state index in [9.17, 15) is 4.79 Å². The van der Waals surface area contributed by atoms with Crippen LogP contribution in [0.4, 0.5) is 0 Å². The van der Waals surface area contributed by atoms with E-state index >= 15 is 0 Å². The minimum absolute atomic E-state index is 0.183. The molecule has 19 heavy (non-hydrogen) atoms. The summed E-state index contributed by atoms with van der Waals surface area (Å²) in [4.78, 5) is 12.1. The molecule has 3 rings (SSSR count). The Balaban J connectivity index is 1.51. The molecule has 0 saturated heterocycles. The predicted octanol–water partition coefficient (Wildman–Crippen LogP) is 3.46. The first-order chi connectivity index (χ1) is 8.94. The molecule has 3 heteroatoms. The van der Waals surface area contributed by atoms with Crippen molar-refractivity contribution >= 4 is 17.7 Å². The van der Waals surface area contributed by atoms with Crippen LogP contribution < -0.4 is 5.32 Å². The van der Waals surface area contributed by atoms with Gasteiger partial charge in [0, 0.05) is 10.8 Å². The van der Waals surface area contributed by atoms with E-state index in [4.69, 9.17) is 0 Å². The molecule has 0 aromatic heterocycles. The van der Waals surface area contributed by atoms with E-state index in [1.54, 1.807) is 11.8 Å². The number of amides is 1. The van der Waals surface area contributed by atoms with Crippen molar-refractivity contribution < 1.29 is 4.79 Å². The molecule has 0 spiro atoms. The Labute approximate surface area is 121 Å². The molecule has 3 aliphatic rings. The average Bonchev–Trinajstić information content (AvgIpc) is 2.96. The Morgan fingerprint density at radius 1 is 1.16 bits per heavy atom. The highest BCUT2D eigenvalue weighted by atomic mass is 32.2. The fourth-order valence-electron chi connectivity index (χ4n) is 4.76. The van der Waals surface area contributed by atoms with Gasteiger partial charge in [-0.05, 0) is 49.4 Å². The van der Waals surface area contributed by atoms with Crippen molar-refractivity contribution in [2.24, 2.45) is 23.7 Å².